The molecule has 5 nitrogen and oxygen atoms in total. The lowest BCUT2D eigenvalue weighted by atomic mass is 10.0. The number of anilines is 1. The summed E-state index contributed by atoms with van der Waals surface area (Å²) in [5.41, 5.74) is 0.444. The van der Waals surface area contributed by atoms with Crippen LogP contribution in [0.4, 0.5) is 5.13 Å². The van der Waals surface area contributed by atoms with Gasteiger partial charge in [-0.25, -0.2) is 4.98 Å². The molecule has 0 unspecified atom stereocenters. The van der Waals surface area contributed by atoms with E-state index in [9.17, 15) is 9.59 Å². The zero-order chi connectivity index (χ0) is 16.2. The van der Waals surface area contributed by atoms with E-state index in [0.29, 0.717) is 15.7 Å². The largest absolute Gasteiger partial charge is 0.351 e. The van der Waals surface area contributed by atoms with Crippen LogP contribution in [0.5, 0.6) is 0 Å². The number of thiophene rings is 1. The highest BCUT2D eigenvalue weighted by atomic mass is 32.1. The Balaban J connectivity index is 1.91. The number of nitrogens with zero attached hydrogens (tertiary/aromatic N) is 1. The van der Waals surface area contributed by atoms with Crippen molar-refractivity contribution in [2.45, 2.75) is 39.2 Å². The van der Waals surface area contributed by atoms with Gasteiger partial charge in [0.05, 0.1) is 17.0 Å². The predicted molar refractivity (Wildman–Crippen MR) is 90.6 cm³/mol. The van der Waals surface area contributed by atoms with Gasteiger partial charge in [-0.3, -0.25) is 14.9 Å². The number of hydrogen-bond donors (Lipinski definition) is 2. The summed E-state index contributed by atoms with van der Waals surface area (Å²) >= 11 is 2.70. The second-order valence-corrected chi connectivity index (χ2v) is 7.34. The molecule has 2 aromatic heterocycles. The van der Waals surface area contributed by atoms with Crippen LogP contribution in [0.25, 0.3) is 0 Å². The van der Waals surface area contributed by atoms with E-state index < -0.39 is 0 Å². The van der Waals surface area contributed by atoms with Gasteiger partial charge in [-0.15, -0.1) is 22.7 Å². The molecule has 22 heavy (non-hydrogen) atoms. The standard InChI is InChI=1S/C15H19N3O2S2/c1-4-15(2,3)18-12(19)8-10-9-22-14(16-10)17-13(20)11-6-5-7-21-11/h5-7,9H,4,8H2,1-3H3,(H,18,19)(H,16,17,20). The molecule has 2 N–H and O–H groups in total. The Morgan fingerprint density at radius 2 is 2.09 bits per heavy atom. The first-order valence-corrected chi connectivity index (χ1v) is 8.76. The predicted octanol–water partition coefficient (Wildman–Crippen LogP) is 3.30. The van der Waals surface area contributed by atoms with Crippen molar-refractivity contribution in [2.24, 2.45) is 0 Å². The van der Waals surface area contributed by atoms with E-state index >= 15 is 0 Å². The number of hydrogen-bond acceptors (Lipinski definition) is 5. The Labute approximate surface area is 137 Å². The molecule has 0 aromatic carbocycles. The minimum atomic E-state index is -0.219. The van der Waals surface area contributed by atoms with E-state index in [1.165, 1.54) is 22.7 Å². The van der Waals surface area contributed by atoms with Crippen molar-refractivity contribution >= 4 is 39.6 Å². The molecule has 0 aliphatic carbocycles. The summed E-state index contributed by atoms with van der Waals surface area (Å²) in [7, 11) is 0. The molecule has 118 valence electrons. The zero-order valence-corrected chi connectivity index (χ0v) is 14.4. The van der Waals surface area contributed by atoms with Gasteiger partial charge in [-0.1, -0.05) is 13.0 Å². The summed E-state index contributed by atoms with van der Waals surface area (Å²) in [6, 6.07) is 3.58. The molecule has 2 rings (SSSR count). The van der Waals surface area contributed by atoms with Crippen LogP contribution < -0.4 is 10.6 Å². The van der Waals surface area contributed by atoms with E-state index in [0.717, 1.165) is 6.42 Å². The van der Waals surface area contributed by atoms with Crippen molar-refractivity contribution < 1.29 is 9.59 Å². The van der Waals surface area contributed by atoms with E-state index in [1.54, 1.807) is 11.4 Å². The first-order valence-electron chi connectivity index (χ1n) is 7.00. The summed E-state index contributed by atoms with van der Waals surface area (Å²) in [6.07, 6.45) is 1.08. The van der Waals surface area contributed by atoms with Crippen molar-refractivity contribution in [2.75, 3.05) is 5.32 Å². The molecular formula is C15H19N3O2S2. The highest BCUT2D eigenvalue weighted by molar-refractivity contribution is 7.14. The average Bonchev–Trinajstić information content (AvgIpc) is 3.09. The molecule has 0 radical (unpaired) electrons. The molecule has 2 heterocycles. The van der Waals surface area contributed by atoms with Gasteiger partial charge < -0.3 is 5.32 Å². The second kappa shape index (κ2) is 7.02. The first-order chi connectivity index (χ1) is 10.4. The first kappa shape index (κ1) is 16.6. The van der Waals surface area contributed by atoms with Crippen molar-refractivity contribution in [3.8, 4) is 0 Å². The van der Waals surface area contributed by atoms with E-state index in [4.69, 9.17) is 0 Å². The van der Waals surface area contributed by atoms with Gasteiger partial charge in [-0.05, 0) is 31.7 Å². The van der Waals surface area contributed by atoms with Gasteiger partial charge in [0.15, 0.2) is 5.13 Å². The summed E-state index contributed by atoms with van der Waals surface area (Å²) in [5.74, 6) is -0.235. The fourth-order valence-corrected chi connectivity index (χ4v) is 3.01. The topological polar surface area (TPSA) is 71.1 Å². The highest BCUT2D eigenvalue weighted by Crippen LogP contribution is 2.18. The fraction of sp³-hybridized carbons (Fsp3) is 0.400. The molecular weight excluding hydrogens is 318 g/mol. The molecule has 0 atom stereocenters. The van der Waals surface area contributed by atoms with Gasteiger partial charge in [0.2, 0.25) is 5.91 Å². The summed E-state index contributed by atoms with van der Waals surface area (Å²) in [5, 5.41) is 9.86. The maximum atomic E-state index is 12.0. The third-order valence-corrected chi connectivity index (χ3v) is 4.90. The third kappa shape index (κ3) is 4.64. The zero-order valence-electron chi connectivity index (χ0n) is 12.8. The molecule has 0 aliphatic rings. The van der Waals surface area contributed by atoms with Gasteiger partial charge in [0.1, 0.15) is 0 Å². The maximum Gasteiger partial charge on any atom is 0.267 e. The van der Waals surface area contributed by atoms with Crippen LogP contribution >= 0.6 is 22.7 Å². The lowest BCUT2D eigenvalue weighted by molar-refractivity contribution is -0.122. The quantitative estimate of drug-likeness (QED) is 0.849. The van der Waals surface area contributed by atoms with Crippen LogP contribution in [-0.4, -0.2) is 22.3 Å². The molecule has 7 heteroatoms. The maximum absolute atomic E-state index is 12.0. The third-order valence-electron chi connectivity index (χ3n) is 3.22. The normalized spacial score (nSPS) is 11.2. The van der Waals surface area contributed by atoms with Crippen LogP contribution in [0.15, 0.2) is 22.9 Å². The van der Waals surface area contributed by atoms with E-state index in [-0.39, 0.29) is 23.8 Å². The fourth-order valence-electron chi connectivity index (χ4n) is 1.69. The molecule has 0 aliphatic heterocycles. The van der Waals surface area contributed by atoms with Crippen LogP contribution in [0, 0.1) is 0 Å². The Morgan fingerprint density at radius 1 is 1.32 bits per heavy atom. The number of aromatic nitrogens is 1. The molecule has 0 fully saturated rings. The number of rotatable bonds is 6. The molecule has 0 saturated carbocycles. The van der Waals surface area contributed by atoms with Gasteiger partial charge in [-0.2, -0.15) is 0 Å². The number of amides is 2. The molecule has 2 aromatic rings. The summed E-state index contributed by atoms with van der Waals surface area (Å²) < 4.78 is 0. The molecule has 2 amide bonds. The SMILES string of the molecule is CCC(C)(C)NC(=O)Cc1csc(NC(=O)c2cccs2)n1. The van der Waals surface area contributed by atoms with Crippen LogP contribution in [0.1, 0.15) is 42.6 Å². The lowest BCUT2D eigenvalue weighted by Gasteiger charge is -2.24. The van der Waals surface area contributed by atoms with E-state index in [1.807, 2.05) is 32.2 Å². The summed E-state index contributed by atoms with van der Waals surface area (Å²) in [6.45, 7) is 6.00. The number of thiazole rings is 1. The Kier molecular flexibility index (Phi) is 5.31. The molecule has 0 saturated heterocycles. The van der Waals surface area contributed by atoms with Gasteiger partial charge >= 0.3 is 0 Å². The van der Waals surface area contributed by atoms with Crippen LogP contribution in [-0.2, 0) is 11.2 Å². The Bertz CT molecular complexity index is 648. The Morgan fingerprint density at radius 3 is 2.73 bits per heavy atom. The van der Waals surface area contributed by atoms with Crippen molar-refractivity contribution in [1.82, 2.24) is 10.3 Å². The monoisotopic (exact) mass is 337 g/mol. The summed E-state index contributed by atoms with van der Waals surface area (Å²) in [4.78, 5) is 28.8. The van der Waals surface area contributed by atoms with Gasteiger partial charge in [0, 0.05) is 10.9 Å². The Hall–Kier alpha value is -1.73. The van der Waals surface area contributed by atoms with Crippen molar-refractivity contribution in [3.63, 3.8) is 0 Å². The number of carbonyl (C=O) groups excluding carboxylic acids is 2. The van der Waals surface area contributed by atoms with Gasteiger partial charge in [0.25, 0.3) is 5.91 Å². The highest BCUT2D eigenvalue weighted by Gasteiger charge is 2.19. The minimum Gasteiger partial charge on any atom is -0.351 e. The number of carbonyl (C=O) groups is 2. The van der Waals surface area contributed by atoms with Crippen molar-refractivity contribution in [3.05, 3.63) is 33.5 Å². The number of nitrogens with one attached hydrogen (secondary N) is 2. The minimum absolute atomic E-state index is 0.0618. The van der Waals surface area contributed by atoms with Crippen LogP contribution in [0.3, 0.4) is 0 Å². The van der Waals surface area contributed by atoms with Crippen LogP contribution in [0.2, 0.25) is 0 Å². The smallest absolute Gasteiger partial charge is 0.267 e. The lowest BCUT2D eigenvalue weighted by Crippen LogP contribution is -2.43. The van der Waals surface area contributed by atoms with Crippen molar-refractivity contribution in [1.29, 1.82) is 0 Å². The molecule has 0 bridgehead atoms. The second-order valence-electron chi connectivity index (χ2n) is 5.54. The molecule has 0 spiro atoms. The van der Waals surface area contributed by atoms with E-state index in [2.05, 4.69) is 15.6 Å². The average molecular weight is 337 g/mol.